The molecule has 0 unspecified atom stereocenters. The number of amides is 1. The second-order valence-corrected chi connectivity index (χ2v) is 4.06. The fraction of sp³-hybridized carbons (Fsp3) is 0.500. The van der Waals surface area contributed by atoms with Gasteiger partial charge in [0.1, 0.15) is 0 Å². The smallest absolute Gasteiger partial charge is 0.230 e. The molecule has 2 aliphatic heterocycles. The number of β-lactam (4-membered cyclic amide) rings is 1. The van der Waals surface area contributed by atoms with Crippen molar-refractivity contribution in [3.05, 3.63) is 11.8 Å². The van der Waals surface area contributed by atoms with Gasteiger partial charge in [0.05, 0.1) is 24.3 Å². The molecule has 1 atom stereocenters. The minimum absolute atomic E-state index is 0.183. The zero-order chi connectivity index (χ0) is 8.55. The minimum Gasteiger partial charge on any atom is -0.306 e. The van der Waals surface area contributed by atoms with Gasteiger partial charge in [-0.05, 0) is 5.57 Å². The summed E-state index contributed by atoms with van der Waals surface area (Å²) >= 11 is 1.75. The molecule has 2 rings (SSSR count). The Morgan fingerprint density at radius 3 is 3.33 bits per heavy atom. The number of nitrogens with zero attached hydrogens (tertiary/aromatic N) is 2. The molecule has 0 aromatic heterocycles. The van der Waals surface area contributed by atoms with Crippen molar-refractivity contribution in [1.82, 2.24) is 4.90 Å². The van der Waals surface area contributed by atoms with Crippen molar-refractivity contribution in [2.45, 2.75) is 18.2 Å². The first-order chi connectivity index (χ1) is 5.81. The summed E-state index contributed by atoms with van der Waals surface area (Å²) in [5.74, 6) is 1.09. The quantitative estimate of drug-likeness (QED) is 0.567. The van der Waals surface area contributed by atoms with Gasteiger partial charge < -0.3 is 4.90 Å². The van der Waals surface area contributed by atoms with Gasteiger partial charge in [-0.1, -0.05) is 0 Å². The van der Waals surface area contributed by atoms with Gasteiger partial charge >= 0.3 is 0 Å². The summed E-state index contributed by atoms with van der Waals surface area (Å²) in [7, 11) is 0. The first-order valence-electron chi connectivity index (χ1n) is 3.80. The van der Waals surface area contributed by atoms with E-state index in [2.05, 4.69) is 6.07 Å². The van der Waals surface area contributed by atoms with Crippen LogP contribution in [0.3, 0.4) is 0 Å². The fourth-order valence-electron chi connectivity index (χ4n) is 1.33. The van der Waals surface area contributed by atoms with Crippen LogP contribution in [0, 0.1) is 11.3 Å². The van der Waals surface area contributed by atoms with E-state index < -0.39 is 0 Å². The maximum absolute atomic E-state index is 11.0. The Morgan fingerprint density at radius 2 is 2.67 bits per heavy atom. The van der Waals surface area contributed by atoms with Crippen LogP contribution in [0.1, 0.15) is 12.8 Å². The van der Waals surface area contributed by atoms with E-state index in [0.29, 0.717) is 18.2 Å². The van der Waals surface area contributed by atoms with Gasteiger partial charge in [-0.15, -0.1) is 11.8 Å². The Balaban J connectivity index is 2.10. The summed E-state index contributed by atoms with van der Waals surface area (Å²) in [6.07, 6.45) is 2.96. The molecule has 0 bridgehead atoms. The molecule has 2 aliphatic rings. The van der Waals surface area contributed by atoms with E-state index in [1.807, 2.05) is 6.20 Å². The largest absolute Gasteiger partial charge is 0.306 e. The summed E-state index contributed by atoms with van der Waals surface area (Å²) in [5.41, 5.74) is 1.06. The van der Waals surface area contributed by atoms with Gasteiger partial charge in [-0.25, -0.2) is 0 Å². The molecule has 0 saturated carbocycles. The lowest BCUT2D eigenvalue weighted by atomic mass is 10.1. The summed E-state index contributed by atoms with van der Waals surface area (Å²) in [4.78, 5) is 12.7. The van der Waals surface area contributed by atoms with Crippen molar-refractivity contribution < 1.29 is 4.79 Å². The number of rotatable bonds is 1. The molecule has 0 spiro atoms. The molecule has 2 heterocycles. The van der Waals surface area contributed by atoms with E-state index >= 15 is 0 Å². The van der Waals surface area contributed by atoms with Crippen LogP contribution >= 0.6 is 11.8 Å². The molecule has 0 radical (unpaired) electrons. The number of carbonyl (C=O) groups is 1. The first-order valence-corrected chi connectivity index (χ1v) is 4.85. The zero-order valence-corrected chi connectivity index (χ0v) is 7.30. The summed E-state index contributed by atoms with van der Waals surface area (Å²) in [6, 6.07) is 2.09. The van der Waals surface area contributed by atoms with Crippen LogP contribution in [0.5, 0.6) is 0 Å². The second kappa shape index (κ2) is 2.83. The van der Waals surface area contributed by atoms with E-state index in [4.69, 9.17) is 5.26 Å². The van der Waals surface area contributed by atoms with E-state index in [1.165, 1.54) is 0 Å². The van der Waals surface area contributed by atoms with Crippen LogP contribution in [0.15, 0.2) is 11.8 Å². The van der Waals surface area contributed by atoms with Gasteiger partial charge in [0, 0.05) is 12.0 Å². The lowest BCUT2D eigenvalue weighted by Crippen LogP contribution is -2.49. The number of fused-ring (bicyclic) bond motifs is 1. The number of nitriles is 1. The van der Waals surface area contributed by atoms with Crippen LogP contribution < -0.4 is 0 Å². The van der Waals surface area contributed by atoms with Crippen molar-refractivity contribution in [2.24, 2.45) is 0 Å². The van der Waals surface area contributed by atoms with Gasteiger partial charge in [-0.3, -0.25) is 4.79 Å². The van der Waals surface area contributed by atoms with Crippen molar-refractivity contribution in [1.29, 1.82) is 5.26 Å². The van der Waals surface area contributed by atoms with Crippen LogP contribution in [0.25, 0.3) is 0 Å². The Morgan fingerprint density at radius 1 is 1.83 bits per heavy atom. The highest BCUT2D eigenvalue weighted by atomic mass is 32.2. The highest BCUT2D eigenvalue weighted by molar-refractivity contribution is 8.00. The van der Waals surface area contributed by atoms with Gasteiger partial charge in [0.15, 0.2) is 0 Å². The van der Waals surface area contributed by atoms with Crippen LogP contribution in [-0.4, -0.2) is 21.9 Å². The van der Waals surface area contributed by atoms with Crippen molar-refractivity contribution in [3.8, 4) is 6.07 Å². The monoisotopic (exact) mass is 180 g/mol. The fourth-order valence-corrected chi connectivity index (χ4v) is 2.51. The summed E-state index contributed by atoms with van der Waals surface area (Å²) in [5, 5.41) is 8.81. The molecule has 62 valence electrons. The first kappa shape index (κ1) is 7.69. The highest BCUT2D eigenvalue weighted by Crippen LogP contribution is 2.35. The average molecular weight is 180 g/mol. The molecule has 1 fully saturated rings. The lowest BCUT2D eigenvalue weighted by Gasteiger charge is -2.40. The third kappa shape index (κ3) is 1.10. The molecule has 0 N–H and O–H groups in total. The molecular weight excluding hydrogens is 172 g/mol. The highest BCUT2D eigenvalue weighted by Gasteiger charge is 2.37. The normalized spacial score (nSPS) is 26.9. The SMILES string of the molecule is N#CCC1=CN2C(=O)C[C@@H]2SC1. The molecule has 3 nitrogen and oxygen atoms in total. The molecule has 0 aromatic carbocycles. The molecule has 0 aromatic rings. The molecular formula is C8H8N2OS. The Kier molecular flexibility index (Phi) is 1.81. The van der Waals surface area contributed by atoms with Crippen molar-refractivity contribution in [3.63, 3.8) is 0 Å². The molecule has 12 heavy (non-hydrogen) atoms. The predicted octanol–water partition coefficient (Wildman–Crippen LogP) is 1.09. The van der Waals surface area contributed by atoms with E-state index in [-0.39, 0.29) is 5.91 Å². The van der Waals surface area contributed by atoms with E-state index in [0.717, 1.165) is 11.3 Å². The Hall–Kier alpha value is -0.950. The van der Waals surface area contributed by atoms with Crippen LogP contribution in [0.4, 0.5) is 0 Å². The van der Waals surface area contributed by atoms with Gasteiger partial charge in [0.25, 0.3) is 0 Å². The number of hydrogen-bond donors (Lipinski definition) is 0. The van der Waals surface area contributed by atoms with Crippen molar-refractivity contribution in [2.75, 3.05) is 5.75 Å². The summed E-state index contributed by atoms with van der Waals surface area (Å²) < 4.78 is 0. The third-order valence-electron chi connectivity index (χ3n) is 2.04. The van der Waals surface area contributed by atoms with Gasteiger partial charge in [-0.2, -0.15) is 5.26 Å². The van der Waals surface area contributed by atoms with E-state index in [1.54, 1.807) is 16.7 Å². The maximum atomic E-state index is 11.0. The molecule has 1 amide bonds. The molecule has 1 saturated heterocycles. The van der Waals surface area contributed by atoms with Gasteiger partial charge in [0.2, 0.25) is 5.91 Å². The standard InChI is InChI=1S/C8H8N2OS/c9-2-1-6-4-10-7(11)3-8(10)12-5-6/h4,8H,1,3,5H2/t8-/m0/s1. The van der Waals surface area contributed by atoms with E-state index in [9.17, 15) is 4.79 Å². The van der Waals surface area contributed by atoms with Crippen LogP contribution in [-0.2, 0) is 4.79 Å². The second-order valence-electron chi connectivity index (χ2n) is 2.89. The third-order valence-corrected chi connectivity index (χ3v) is 3.35. The Bertz CT molecular complexity index is 292. The van der Waals surface area contributed by atoms with Crippen LogP contribution in [0.2, 0.25) is 0 Å². The molecule has 4 heteroatoms. The Labute approximate surface area is 75.0 Å². The number of carbonyl (C=O) groups excluding carboxylic acids is 1. The molecule has 0 aliphatic carbocycles. The number of thioether (sulfide) groups is 1. The average Bonchev–Trinajstić information content (AvgIpc) is 2.07. The maximum Gasteiger partial charge on any atom is 0.230 e. The minimum atomic E-state index is 0.183. The number of hydrogen-bond acceptors (Lipinski definition) is 3. The lowest BCUT2D eigenvalue weighted by molar-refractivity contribution is -0.137. The summed E-state index contributed by atoms with van der Waals surface area (Å²) in [6.45, 7) is 0. The van der Waals surface area contributed by atoms with Crippen molar-refractivity contribution >= 4 is 17.7 Å². The zero-order valence-electron chi connectivity index (χ0n) is 6.49. The predicted molar refractivity (Wildman–Crippen MR) is 46.0 cm³/mol. The topological polar surface area (TPSA) is 44.1 Å².